The van der Waals surface area contributed by atoms with Crippen LogP contribution in [-0.4, -0.2) is 91.4 Å². The zero-order chi connectivity index (χ0) is 22.5. The van der Waals surface area contributed by atoms with E-state index in [1.165, 1.54) is 0 Å². The summed E-state index contributed by atoms with van der Waals surface area (Å²) in [5.41, 5.74) is 3.87. The first-order valence-corrected chi connectivity index (χ1v) is 11.7. The first-order valence-electron chi connectivity index (χ1n) is 11.7. The summed E-state index contributed by atoms with van der Waals surface area (Å²) in [7, 11) is 0. The number of phenols is 1. The molecule has 2 aliphatic heterocycles. The quantitative estimate of drug-likeness (QED) is 0.677. The summed E-state index contributed by atoms with van der Waals surface area (Å²) >= 11 is 0. The Morgan fingerprint density at radius 1 is 1.00 bits per heavy atom. The summed E-state index contributed by atoms with van der Waals surface area (Å²) in [4.78, 5) is 18.7. The maximum atomic E-state index is 10.1. The highest BCUT2D eigenvalue weighted by Gasteiger charge is 2.21. The van der Waals surface area contributed by atoms with Crippen molar-refractivity contribution in [2.24, 2.45) is 4.99 Å². The van der Waals surface area contributed by atoms with E-state index in [0.29, 0.717) is 38.1 Å². The third-order valence-electron chi connectivity index (χ3n) is 6.33. The molecular formula is C24H31N5O4. The van der Waals surface area contributed by atoms with Crippen LogP contribution in [0.2, 0.25) is 0 Å². The molecule has 2 aromatic rings. The summed E-state index contributed by atoms with van der Waals surface area (Å²) in [5, 5.41) is 10.1. The van der Waals surface area contributed by atoms with E-state index < -0.39 is 0 Å². The van der Waals surface area contributed by atoms with Crippen molar-refractivity contribution >= 4 is 11.5 Å². The van der Waals surface area contributed by atoms with Gasteiger partial charge in [0.1, 0.15) is 18.2 Å². The van der Waals surface area contributed by atoms with Crippen molar-refractivity contribution in [2.75, 3.05) is 70.7 Å². The topological polar surface area (TPSA) is 92.5 Å². The van der Waals surface area contributed by atoms with Gasteiger partial charge in [-0.2, -0.15) is 9.97 Å². The summed E-state index contributed by atoms with van der Waals surface area (Å²) in [5.74, 6) is 1.21. The van der Waals surface area contributed by atoms with Crippen LogP contribution < -0.4 is 9.64 Å². The van der Waals surface area contributed by atoms with Crippen LogP contribution in [0.15, 0.2) is 29.3 Å². The molecule has 5 rings (SSSR count). The number of aliphatic imine (C=N–C) groups is 1. The van der Waals surface area contributed by atoms with Crippen LogP contribution >= 0.6 is 0 Å². The predicted molar refractivity (Wildman–Crippen MR) is 124 cm³/mol. The van der Waals surface area contributed by atoms with Gasteiger partial charge in [-0.05, 0) is 18.9 Å². The molecule has 0 amide bonds. The minimum absolute atomic E-state index is 0.352. The average molecular weight is 454 g/mol. The molecule has 2 fully saturated rings. The number of hydrogen-bond donors (Lipinski definition) is 1. The van der Waals surface area contributed by atoms with Gasteiger partial charge in [-0.3, -0.25) is 9.89 Å². The number of morpholine rings is 2. The lowest BCUT2D eigenvalue weighted by molar-refractivity contribution is 0.0317. The second kappa shape index (κ2) is 10.5. The largest absolute Gasteiger partial charge is 0.508 e. The molecule has 1 N–H and O–H groups in total. The predicted octanol–water partition coefficient (Wildman–Crippen LogP) is 1.67. The smallest absolute Gasteiger partial charge is 0.318 e. The number of phenolic OH excluding ortho intramolecular Hbond substituents is 1. The maximum Gasteiger partial charge on any atom is 0.318 e. The number of anilines is 1. The molecule has 176 valence electrons. The van der Waals surface area contributed by atoms with Gasteiger partial charge in [0, 0.05) is 55.6 Å². The Morgan fingerprint density at radius 3 is 2.61 bits per heavy atom. The van der Waals surface area contributed by atoms with Gasteiger partial charge in [-0.1, -0.05) is 12.1 Å². The molecule has 9 nitrogen and oxygen atoms in total. The molecule has 1 aromatic carbocycles. The summed E-state index contributed by atoms with van der Waals surface area (Å²) < 4.78 is 16.9. The lowest BCUT2D eigenvalue weighted by Gasteiger charge is -2.28. The molecule has 0 atom stereocenters. The summed E-state index contributed by atoms with van der Waals surface area (Å²) in [6.45, 7) is 8.18. The van der Waals surface area contributed by atoms with Crippen molar-refractivity contribution in [3.05, 3.63) is 41.1 Å². The van der Waals surface area contributed by atoms with Crippen LogP contribution in [0.1, 0.15) is 23.2 Å². The lowest BCUT2D eigenvalue weighted by Crippen LogP contribution is -2.39. The molecule has 1 aromatic heterocycles. The molecule has 9 heteroatoms. The monoisotopic (exact) mass is 453 g/mol. The number of aromatic hydroxyl groups is 1. The van der Waals surface area contributed by atoms with E-state index in [-0.39, 0.29) is 0 Å². The van der Waals surface area contributed by atoms with Crippen LogP contribution in [0.3, 0.4) is 0 Å². The molecule has 0 bridgehead atoms. The number of fused-ring (bicyclic) bond motifs is 1. The molecule has 0 radical (unpaired) electrons. The first kappa shape index (κ1) is 22.1. The number of benzene rings is 1. The Balaban J connectivity index is 1.31. The number of ether oxygens (including phenoxy) is 3. The van der Waals surface area contributed by atoms with Gasteiger partial charge in [-0.25, -0.2) is 0 Å². The Labute approximate surface area is 194 Å². The first-order chi connectivity index (χ1) is 16.3. The Hall–Kier alpha value is -2.75. The highest BCUT2D eigenvalue weighted by atomic mass is 16.5. The molecule has 0 unspecified atom stereocenters. The van der Waals surface area contributed by atoms with Crippen LogP contribution in [-0.2, 0) is 22.4 Å². The van der Waals surface area contributed by atoms with Crippen molar-refractivity contribution < 1.29 is 19.3 Å². The zero-order valence-corrected chi connectivity index (χ0v) is 18.9. The molecule has 0 saturated carbocycles. The summed E-state index contributed by atoms with van der Waals surface area (Å²) in [6, 6.07) is 8.03. The van der Waals surface area contributed by atoms with E-state index in [9.17, 15) is 5.11 Å². The molecule has 1 aliphatic carbocycles. The van der Waals surface area contributed by atoms with E-state index in [1.807, 2.05) is 18.2 Å². The van der Waals surface area contributed by atoms with Gasteiger partial charge < -0.3 is 24.2 Å². The van der Waals surface area contributed by atoms with E-state index in [2.05, 4.69) is 19.8 Å². The minimum Gasteiger partial charge on any atom is -0.508 e. The van der Waals surface area contributed by atoms with Crippen molar-refractivity contribution in [1.29, 1.82) is 0 Å². The molecule has 3 aliphatic rings. The second-order valence-corrected chi connectivity index (χ2v) is 8.47. The minimum atomic E-state index is 0.352. The Bertz CT molecular complexity index is 987. The highest BCUT2D eigenvalue weighted by Crippen LogP contribution is 2.30. The van der Waals surface area contributed by atoms with Gasteiger partial charge in [0.15, 0.2) is 0 Å². The molecule has 2 saturated heterocycles. The molecule has 3 heterocycles. The Kier molecular flexibility index (Phi) is 6.99. The van der Waals surface area contributed by atoms with Gasteiger partial charge in [0.2, 0.25) is 0 Å². The number of hydrogen-bond acceptors (Lipinski definition) is 9. The van der Waals surface area contributed by atoms with Crippen LogP contribution in [0.4, 0.5) is 5.82 Å². The zero-order valence-electron chi connectivity index (χ0n) is 18.9. The molecule has 33 heavy (non-hydrogen) atoms. The third-order valence-corrected chi connectivity index (χ3v) is 6.33. The van der Waals surface area contributed by atoms with Crippen molar-refractivity contribution in [1.82, 2.24) is 14.9 Å². The number of nitrogens with zero attached hydrogens (tertiary/aromatic N) is 5. The lowest BCUT2D eigenvalue weighted by atomic mass is 10.1. The van der Waals surface area contributed by atoms with Crippen molar-refractivity contribution in [2.45, 2.75) is 19.4 Å². The normalized spacial score (nSPS) is 20.2. The fourth-order valence-electron chi connectivity index (χ4n) is 4.48. The van der Waals surface area contributed by atoms with Gasteiger partial charge >= 0.3 is 6.01 Å². The number of aromatic nitrogens is 2. The van der Waals surface area contributed by atoms with E-state index in [0.717, 1.165) is 87.1 Å². The standard InChI is InChI=1S/C24H31N5O4/c30-22-3-1-2-19-20(22)4-5-21(19)25-17-18-16-23(29-9-13-32-14-10-29)27-24(26-18)33-15-8-28-6-11-31-12-7-28/h1-3,16,30H,4-15,17H2. The number of rotatable bonds is 7. The molecule has 0 spiro atoms. The summed E-state index contributed by atoms with van der Waals surface area (Å²) in [6.07, 6.45) is 1.65. The van der Waals surface area contributed by atoms with Crippen molar-refractivity contribution in [3.63, 3.8) is 0 Å². The van der Waals surface area contributed by atoms with Gasteiger partial charge in [0.25, 0.3) is 0 Å². The van der Waals surface area contributed by atoms with Crippen molar-refractivity contribution in [3.8, 4) is 11.8 Å². The average Bonchev–Trinajstić information content (AvgIpc) is 3.28. The second-order valence-electron chi connectivity index (χ2n) is 8.47. The SMILES string of the molecule is Oc1cccc2c1CCC2=NCc1cc(N2CCOCC2)nc(OCCN2CCOCC2)n1. The van der Waals surface area contributed by atoms with Gasteiger partial charge in [-0.15, -0.1) is 0 Å². The highest BCUT2D eigenvalue weighted by molar-refractivity contribution is 6.05. The van der Waals surface area contributed by atoms with E-state index in [4.69, 9.17) is 19.2 Å². The Morgan fingerprint density at radius 2 is 1.79 bits per heavy atom. The third kappa shape index (κ3) is 5.43. The fraction of sp³-hybridized carbons (Fsp3) is 0.542. The van der Waals surface area contributed by atoms with E-state index >= 15 is 0 Å². The van der Waals surface area contributed by atoms with Gasteiger partial charge in [0.05, 0.1) is 38.7 Å². The molecular weight excluding hydrogens is 422 g/mol. The van der Waals surface area contributed by atoms with Crippen LogP contribution in [0.5, 0.6) is 11.8 Å². The van der Waals surface area contributed by atoms with Crippen LogP contribution in [0.25, 0.3) is 0 Å². The van der Waals surface area contributed by atoms with Crippen LogP contribution in [0, 0.1) is 0 Å². The van der Waals surface area contributed by atoms with E-state index in [1.54, 1.807) is 6.07 Å². The maximum absolute atomic E-state index is 10.1. The fourth-order valence-corrected chi connectivity index (χ4v) is 4.48.